The maximum atomic E-state index is 12.2. The topological polar surface area (TPSA) is 99.5 Å². The van der Waals surface area contributed by atoms with Gasteiger partial charge in [0.1, 0.15) is 0 Å². The molecular formula is C21H29Cl2N3O5S. The van der Waals surface area contributed by atoms with Crippen molar-refractivity contribution in [3.63, 3.8) is 0 Å². The molecule has 0 atom stereocenters. The number of aromatic nitrogens is 2. The van der Waals surface area contributed by atoms with Crippen molar-refractivity contribution in [1.82, 2.24) is 15.1 Å². The molecular weight excluding hydrogens is 477 g/mol. The van der Waals surface area contributed by atoms with Crippen LogP contribution in [0.4, 0.5) is 4.79 Å². The molecule has 1 amide bonds. The van der Waals surface area contributed by atoms with Crippen LogP contribution < -0.4 is 10.1 Å². The van der Waals surface area contributed by atoms with Gasteiger partial charge in [-0.05, 0) is 30.5 Å². The summed E-state index contributed by atoms with van der Waals surface area (Å²) in [7, 11) is -4.07. The molecule has 0 aliphatic rings. The van der Waals surface area contributed by atoms with Crippen LogP contribution in [-0.2, 0) is 27.3 Å². The summed E-state index contributed by atoms with van der Waals surface area (Å²) < 4.78 is 36.4. The molecule has 0 bridgehead atoms. The molecule has 32 heavy (non-hydrogen) atoms. The molecule has 8 nitrogen and oxygen atoms in total. The van der Waals surface area contributed by atoms with Gasteiger partial charge in [-0.25, -0.2) is 4.79 Å². The first-order valence-electron chi connectivity index (χ1n) is 10.6. The lowest BCUT2D eigenvalue weighted by Crippen LogP contribution is -2.29. The van der Waals surface area contributed by atoms with Gasteiger partial charge in [0.05, 0.1) is 18.9 Å². The number of carbonyl (C=O) groups is 1. The number of halogens is 2. The Labute approximate surface area is 199 Å². The molecule has 0 radical (unpaired) electrons. The van der Waals surface area contributed by atoms with Crippen molar-refractivity contribution < 1.29 is 22.1 Å². The van der Waals surface area contributed by atoms with Crippen LogP contribution in [0.5, 0.6) is 5.88 Å². The highest BCUT2D eigenvalue weighted by atomic mass is 35.5. The molecule has 0 fully saturated rings. The van der Waals surface area contributed by atoms with Crippen LogP contribution in [-0.4, -0.2) is 43.2 Å². The second kappa shape index (κ2) is 12.9. The Morgan fingerprint density at radius 3 is 2.59 bits per heavy atom. The largest absolute Gasteiger partial charge is 0.477 e. The standard InChI is InChI=1S/C21H29Cl2N3O5S/c1-3-5-10-24-21(27)31-32(28,29)12-9-18-14-20(30-11-6-4-2)25-26(18)15-16-7-8-17(22)13-19(16)23/h7-8,13-14H,3-6,9-12,15H2,1-2H3,(H,24,27). The Morgan fingerprint density at radius 1 is 1.16 bits per heavy atom. The molecule has 1 aromatic heterocycles. The first kappa shape index (κ1) is 26.3. The lowest BCUT2D eigenvalue weighted by Gasteiger charge is -2.10. The van der Waals surface area contributed by atoms with Crippen molar-refractivity contribution in [2.45, 2.75) is 52.5 Å². The van der Waals surface area contributed by atoms with Crippen LogP contribution in [0.2, 0.25) is 10.0 Å². The number of rotatable bonds is 13. The Morgan fingerprint density at radius 2 is 1.91 bits per heavy atom. The molecule has 2 rings (SSSR count). The lowest BCUT2D eigenvalue weighted by molar-refractivity contribution is 0.202. The highest BCUT2D eigenvalue weighted by molar-refractivity contribution is 7.87. The second-order valence-electron chi connectivity index (χ2n) is 7.23. The van der Waals surface area contributed by atoms with Crippen LogP contribution in [0.3, 0.4) is 0 Å². The number of hydrogen-bond acceptors (Lipinski definition) is 6. The van der Waals surface area contributed by atoms with E-state index < -0.39 is 16.2 Å². The molecule has 0 unspecified atom stereocenters. The zero-order valence-corrected chi connectivity index (χ0v) is 20.6. The molecule has 0 saturated heterocycles. The van der Waals surface area contributed by atoms with Gasteiger partial charge in [-0.1, -0.05) is 56.0 Å². The smallest absolute Gasteiger partial charge is 0.422 e. The molecule has 0 saturated carbocycles. The number of nitrogens with one attached hydrogen (secondary N) is 1. The van der Waals surface area contributed by atoms with Gasteiger partial charge in [-0.2, -0.15) is 8.42 Å². The molecule has 1 N–H and O–H groups in total. The number of hydrogen-bond donors (Lipinski definition) is 1. The van der Waals surface area contributed by atoms with Crippen molar-refractivity contribution in [2.24, 2.45) is 0 Å². The normalized spacial score (nSPS) is 11.4. The van der Waals surface area contributed by atoms with Gasteiger partial charge in [0.2, 0.25) is 5.88 Å². The van der Waals surface area contributed by atoms with E-state index in [-0.39, 0.29) is 12.2 Å². The lowest BCUT2D eigenvalue weighted by atomic mass is 10.2. The summed E-state index contributed by atoms with van der Waals surface area (Å²) in [5.74, 6) is 0.0111. The predicted octanol–water partition coefficient (Wildman–Crippen LogP) is 4.82. The summed E-state index contributed by atoms with van der Waals surface area (Å²) in [6.07, 6.45) is 2.58. The van der Waals surface area contributed by atoms with Crippen LogP contribution in [0, 0.1) is 0 Å². The molecule has 0 spiro atoms. The molecule has 0 aliphatic carbocycles. The molecule has 0 aliphatic heterocycles. The van der Waals surface area contributed by atoms with E-state index in [4.69, 9.17) is 27.9 Å². The average Bonchev–Trinajstić information content (AvgIpc) is 3.10. The van der Waals surface area contributed by atoms with Crippen molar-refractivity contribution in [3.8, 4) is 5.88 Å². The van der Waals surface area contributed by atoms with Crippen LogP contribution >= 0.6 is 23.2 Å². The monoisotopic (exact) mass is 505 g/mol. The first-order chi connectivity index (χ1) is 15.2. The molecule has 1 aromatic carbocycles. The van der Waals surface area contributed by atoms with Crippen molar-refractivity contribution >= 4 is 39.4 Å². The fourth-order valence-electron chi connectivity index (χ4n) is 2.75. The maximum Gasteiger partial charge on any atom is 0.422 e. The van der Waals surface area contributed by atoms with E-state index in [1.807, 2.05) is 6.92 Å². The minimum absolute atomic E-state index is 0.0833. The van der Waals surface area contributed by atoms with Crippen molar-refractivity contribution in [2.75, 3.05) is 18.9 Å². The van der Waals surface area contributed by atoms with E-state index in [1.54, 1.807) is 28.9 Å². The first-order valence-corrected chi connectivity index (χ1v) is 12.9. The fraction of sp³-hybridized carbons (Fsp3) is 0.524. The SMILES string of the molecule is CCCCNC(=O)OS(=O)(=O)CCc1cc(OCCCC)nn1Cc1ccc(Cl)cc1Cl. The van der Waals surface area contributed by atoms with Gasteiger partial charge >= 0.3 is 16.2 Å². The van der Waals surface area contributed by atoms with Gasteiger partial charge in [0.15, 0.2) is 0 Å². The van der Waals surface area contributed by atoms with Gasteiger partial charge in [-0.3, -0.25) is 4.68 Å². The summed E-state index contributed by atoms with van der Waals surface area (Å²) in [5.41, 5.74) is 1.39. The Hall–Kier alpha value is -1.97. The zero-order valence-electron chi connectivity index (χ0n) is 18.3. The summed E-state index contributed by atoms with van der Waals surface area (Å²) in [6.45, 7) is 5.19. The average molecular weight is 506 g/mol. The Bertz CT molecular complexity index is 995. The minimum Gasteiger partial charge on any atom is -0.477 e. The number of amides is 1. The number of ether oxygens (including phenoxy) is 1. The maximum absolute atomic E-state index is 12.2. The summed E-state index contributed by atoms with van der Waals surface area (Å²) >= 11 is 12.3. The Kier molecular flexibility index (Phi) is 10.6. The van der Waals surface area contributed by atoms with Gasteiger partial charge in [0, 0.05) is 34.8 Å². The zero-order chi connectivity index (χ0) is 23.6. The van der Waals surface area contributed by atoms with E-state index >= 15 is 0 Å². The van der Waals surface area contributed by atoms with Gasteiger partial charge in [0.25, 0.3) is 0 Å². The predicted molar refractivity (Wildman–Crippen MR) is 125 cm³/mol. The summed E-state index contributed by atoms with van der Waals surface area (Å²) in [4.78, 5) is 11.7. The van der Waals surface area contributed by atoms with E-state index in [2.05, 4.69) is 21.5 Å². The van der Waals surface area contributed by atoms with Gasteiger partial charge < -0.3 is 14.2 Å². The minimum atomic E-state index is -4.07. The number of benzene rings is 1. The Balaban J connectivity index is 2.11. The number of nitrogens with zero attached hydrogens (tertiary/aromatic N) is 2. The molecule has 1 heterocycles. The van der Waals surface area contributed by atoms with Crippen molar-refractivity contribution in [1.29, 1.82) is 0 Å². The van der Waals surface area contributed by atoms with Gasteiger partial charge in [-0.15, -0.1) is 5.10 Å². The molecule has 2 aromatic rings. The van der Waals surface area contributed by atoms with Crippen LogP contribution in [0.1, 0.15) is 50.8 Å². The number of unbranched alkanes of at least 4 members (excludes halogenated alkanes) is 2. The summed E-state index contributed by atoms with van der Waals surface area (Å²) in [6, 6.07) is 6.83. The van der Waals surface area contributed by atoms with E-state index in [9.17, 15) is 13.2 Å². The van der Waals surface area contributed by atoms with E-state index in [1.165, 1.54) is 0 Å². The summed E-state index contributed by atoms with van der Waals surface area (Å²) in [5, 5.41) is 7.86. The van der Waals surface area contributed by atoms with Crippen LogP contribution in [0.15, 0.2) is 24.3 Å². The van der Waals surface area contributed by atoms with E-state index in [0.29, 0.717) is 41.3 Å². The van der Waals surface area contributed by atoms with E-state index in [0.717, 1.165) is 31.2 Å². The quantitative estimate of drug-likeness (QED) is 0.309. The third kappa shape index (κ3) is 8.88. The highest BCUT2D eigenvalue weighted by Gasteiger charge is 2.20. The number of aryl methyl sites for hydroxylation is 1. The third-order valence-corrected chi connectivity index (χ3v) is 6.23. The highest BCUT2D eigenvalue weighted by Crippen LogP contribution is 2.23. The molecule has 178 valence electrons. The third-order valence-electron chi connectivity index (χ3n) is 4.53. The van der Waals surface area contributed by atoms with Crippen molar-refractivity contribution in [3.05, 3.63) is 45.6 Å². The second-order valence-corrected chi connectivity index (χ2v) is 9.77. The number of carbonyl (C=O) groups excluding carboxylic acids is 1. The molecule has 11 heteroatoms. The fourth-order valence-corrected chi connectivity index (χ4v) is 4.05. The van der Waals surface area contributed by atoms with Crippen LogP contribution in [0.25, 0.3) is 0 Å².